The van der Waals surface area contributed by atoms with E-state index >= 15 is 0 Å². The minimum absolute atomic E-state index is 0.151. The van der Waals surface area contributed by atoms with E-state index in [-0.39, 0.29) is 18.1 Å². The van der Waals surface area contributed by atoms with Crippen LogP contribution in [0.1, 0.15) is 38.6 Å². The molecule has 0 aliphatic rings. The van der Waals surface area contributed by atoms with Gasteiger partial charge in [0.05, 0.1) is 12.1 Å². The largest absolute Gasteiger partial charge is 0.447 e. The van der Waals surface area contributed by atoms with Gasteiger partial charge in [-0.2, -0.15) is 13.2 Å². The number of rotatable bonds is 9. The van der Waals surface area contributed by atoms with Gasteiger partial charge in [-0.15, -0.1) is 0 Å². The molecule has 2 heterocycles. The predicted molar refractivity (Wildman–Crippen MR) is 123 cm³/mol. The lowest BCUT2D eigenvalue weighted by Crippen LogP contribution is -2.24. The van der Waals surface area contributed by atoms with Gasteiger partial charge < -0.3 is 9.73 Å². The second kappa shape index (κ2) is 11.0. The molecule has 6 nitrogen and oxygen atoms in total. The van der Waals surface area contributed by atoms with Gasteiger partial charge in [0.15, 0.2) is 5.69 Å². The van der Waals surface area contributed by atoms with Crippen LogP contribution in [-0.2, 0) is 32.4 Å². The third kappa shape index (κ3) is 7.00. The minimum atomic E-state index is -4.38. The normalized spacial score (nSPS) is 11.5. The Morgan fingerprint density at radius 2 is 1.57 bits per heavy atom. The van der Waals surface area contributed by atoms with Crippen molar-refractivity contribution in [2.75, 3.05) is 0 Å². The molecule has 4 rings (SSSR count). The molecule has 0 saturated heterocycles. The Morgan fingerprint density at radius 1 is 0.886 bits per heavy atom. The lowest BCUT2D eigenvalue weighted by molar-refractivity contribution is -0.137. The van der Waals surface area contributed by atoms with Crippen LogP contribution in [0.15, 0.2) is 89.8 Å². The molecule has 2 aromatic heterocycles. The van der Waals surface area contributed by atoms with Crippen LogP contribution in [0.4, 0.5) is 13.2 Å². The first-order chi connectivity index (χ1) is 16.9. The molecule has 0 aliphatic heterocycles. The summed E-state index contributed by atoms with van der Waals surface area (Å²) < 4.78 is 44.3. The number of hydrogen-bond acceptors (Lipinski definition) is 5. The zero-order chi connectivity index (χ0) is 24.7. The highest BCUT2D eigenvalue weighted by Crippen LogP contribution is 2.29. The van der Waals surface area contributed by atoms with Crippen molar-refractivity contribution in [2.24, 2.45) is 0 Å². The Bertz CT molecular complexity index is 1230. The summed E-state index contributed by atoms with van der Waals surface area (Å²) in [6.45, 7) is 1.47. The van der Waals surface area contributed by atoms with E-state index in [4.69, 9.17) is 4.42 Å². The molecule has 180 valence electrons. The highest BCUT2D eigenvalue weighted by atomic mass is 19.4. The van der Waals surface area contributed by atoms with Crippen LogP contribution in [0, 0.1) is 0 Å². The summed E-state index contributed by atoms with van der Waals surface area (Å²) in [4.78, 5) is 22.8. The van der Waals surface area contributed by atoms with E-state index in [1.807, 2.05) is 41.3 Å². The van der Waals surface area contributed by atoms with Gasteiger partial charge in [0.25, 0.3) is 5.91 Å². The molecule has 0 saturated carbocycles. The highest BCUT2D eigenvalue weighted by Gasteiger charge is 2.30. The second-order valence-corrected chi connectivity index (χ2v) is 8.00. The van der Waals surface area contributed by atoms with Crippen molar-refractivity contribution in [3.63, 3.8) is 0 Å². The topological polar surface area (TPSA) is 71.3 Å². The first-order valence-electron chi connectivity index (χ1n) is 10.9. The smallest absolute Gasteiger partial charge is 0.416 e. The Balaban J connectivity index is 1.44. The van der Waals surface area contributed by atoms with Crippen molar-refractivity contribution in [1.82, 2.24) is 20.2 Å². The predicted octanol–water partition coefficient (Wildman–Crippen LogP) is 5.22. The van der Waals surface area contributed by atoms with Gasteiger partial charge in [-0.3, -0.25) is 14.7 Å². The summed E-state index contributed by atoms with van der Waals surface area (Å²) in [6, 6.07) is 18.4. The Morgan fingerprint density at radius 3 is 2.23 bits per heavy atom. The first kappa shape index (κ1) is 24.2. The molecular formula is C26H23F3N4O2. The van der Waals surface area contributed by atoms with Crippen molar-refractivity contribution < 1.29 is 22.4 Å². The van der Waals surface area contributed by atoms with Crippen molar-refractivity contribution in [3.8, 4) is 0 Å². The molecule has 9 heteroatoms. The molecule has 2 aromatic carbocycles. The maximum Gasteiger partial charge on any atom is 0.416 e. The number of oxazole rings is 1. The number of aromatic nitrogens is 2. The van der Waals surface area contributed by atoms with E-state index in [9.17, 15) is 18.0 Å². The molecule has 1 N–H and O–H groups in total. The number of carbonyl (C=O) groups excluding carboxylic acids is 1. The van der Waals surface area contributed by atoms with Crippen molar-refractivity contribution in [1.29, 1.82) is 0 Å². The first-order valence-corrected chi connectivity index (χ1v) is 10.9. The molecule has 0 unspecified atom stereocenters. The number of benzene rings is 2. The van der Waals surface area contributed by atoms with Gasteiger partial charge >= 0.3 is 6.18 Å². The molecule has 0 radical (unpaired) electrons. The standard InChI is InChI=1S/C26H23F3N4O2/c27-26(28,29)22-10-8-20(9-11-22)16-33(15-19-5-2-1-3-6-19)17-24-32-23(18-35-24)25(34)31-14-21-7-4-12-30-13-21/h1-13,18H,14-17H2,(H,31,34). The fourth-order valence-corrected chi connectivity index (χ4v) is 3.52. The van der Waals surface area contributed by atoms with Crippen LogP contribution in [0.2, 0.25) is 0 Å². The van der Waals surface area contributed by atoms with E-state index in [2.05, 4.69) is 15.3 Å². The maximum absolute atomic E-state index is 12.9. The van der Waals surface area contributed by atoms with Crippen molar-refractivity contribution in [2.45, 2.75) is 32.4 Å². The Kier molecular flexibility index (Phi) is 7.57. The second-order valence-electron chi connectivity index (χ2n) is 8.00. The van der Waals surface area contributed by atoms with Gasteiger partial charge in [-0.1, -0.05) is 48.5 Å². The number of alkyl halides is 3. The zero-order valence-corrected chi connectivity index (χ0v) is 18.7. The minimum Gasteiger partial charge on any atom is -0.447 e. The van der Waals surface area contributed by atoms with E-state index in [1.165, 1.54) is 18.4 Å². The van der Waals surface area contributed by atoms with Gasteiger partial charge in [-0.05, 0) is 34.9 Å². The molecule has 0 aliphatic carbocycles. The molecule has 35 heavy (non-hydrogen) atoms. The summed E-state index contributed by atoms with van der Waals surface area (Å²) in [5.74, 6) is -0.0411. The number of nitrogens with one attached hydrogen (secondary N) is 1. The molecule has 4 aromatic rings. The third-order valence-corrected chi connectivity index (χ3v) is 5.26. The Labute approximate surface area is 200 Å². The number of hydrogen-bond donors (Lipinski definition) is 1. The van der Waals surface area contributed by atoms with Crippen LogP contribution in [0.5, 0.6) is 0 Å². The number of pyridine rings is 1. The van der Waals surface area contributed by atoms with Crippen LogP contribution >= 0.6 is 0 Å². The van der Waals surface area contributed by atoms with Gasteiger partial charge in [0.1, 0.15) is 6.26 Å². The van der Waals surface area contributed by atoms with E-state index in [0.29, 0.717) is 25.5 Å². The van der Waals surface area contributed by atoms with Crippen molar-refractivity contribution in [3.05, 3.63) is 119 Å². The Hall–Kier alpha value is -3.98. The molecular weight excluding hydrogens is 457 g/mol. The van der Waals surface area contributed by atoms with Crippen LogP contribution in [-0.4, -0.2) is 20.8 Å². The van der Waals surface area contributed by atoms with E-state index in [1.54, 1.807) is 18.5 Å². The summed E-state index contributed by atoms with van der Waals surface area (Å²) in [5, 5.41) is 2.77. The quantitative estimate of drug-likeness (QED) is 0.356. The number of amides is 1. The molecule has 0 spiro atoms. The number of carbonyl (C=O) groups is 1. The fraction of sp³-hybridized carbons (Fsp3) is 0.192. The number of nitrogens with zero attached hydrogens (tertiary/aromatic N) is 3. The molecule has 1 amide bonds. The van der Waals surface area contributed by atoms with Gasteiger partial charge in [0, 0.05) is 32.0 Å². The highest BCUT2D eigenvalue weighted by molar-refractivity contribution is 5.91. The molecule has 0 atom stereocenters. The summed E-state index contributed by atoms with van der Waals surface area (Å²) in [7, 11) is 0. The van der Waals surface area contributed by atoms with Crippen LogP contribution < -0.4 is 5.32 Å². The van der Waals surface area contributed by atoms with Gasteiger partial charge in [0.2, 0.25) is 5.89 Å². The van der Waals surface area contributed by atoms with E-state index in [0.717, 1.165) is 28.8 Å². The molecule has 0 bridgehead atoms. The maximum atomic E-state index is 12.9. The van der Waals surface area contributed by atoms with Crippen molar-refractivity contribution >= 4 is 5.91 Å². The number of halogens is 3. The van der Waals surface area contributed by atoms with E-state index < -0.39 is 11.7 Å². The van der Waals surface area contributed by atoms with Gasteiger partial charge in [-0.25, -0.2) is 4.98 Å². The summed E-state index contributed by atoms with van der Waals surface area (Å²) >= 11 is 0. The lowest BCUT2D eigenvalue weighted by atomic mass is 10.1. The summed E-state index contributed by atoms with van der Waals surface area (Å²) in [5.41, 5.74) is 2.06. The third-order valence-electron chi connectivity index (χ3n) is 5.26. The lowest BCUT2D eigenvalue weighted by Gasteiger charge is -2.21. The molecule has 0 fully saturated rings. The monoisotopic (exact) mass is 480 g/mol. The average Bonchev–Trinajstić information content (AvgIpc) is 3.32. The SMILES string of the molecule is O=C(NCc1cccnc1)c1coc(CN(Cc2ccccc2)Cc2ccc(C(F)(F)F)cc2)n1. The zero-order valence-electron chi connectivity index (χ0n) is 18.7. The summed E-state index contributed by atoms with van der Waals surface area (Å²) in [6.07, 6.45) is 0.236. The van der Waals surface area contributed by atoms with Crippen LogP contribution in [0.25, 0.3) is 0 Å². The average molecular weight is 480 g/mol. The fourth-order valence-electron chi connectivity index (χ4n) is 3.52. The van der Waals surface area contributed by atoms with Crippen LogP contribution in [0.3, 0.4) is 0 Å².